The van der Waals surface area contributed by atoms with E-state index in [9.17, 15) is 14.9 Å². The number of rotatable bonds is 4. The van der Waals surface area contributed by atoms with Crippen molar-refractivity contribution < 1.29 is 14.8 Å². The molecule has 0 atom stereocenters. The summed E-state index contributed by atoms with van der Waals surface area (Å²) < 4.78 is 0.817. The molecule has 7 heteroatoms. The highest BCUT2D eigenvalue weighted by Crippen LogP contribution is 2.29. The maximum atomic E-state index is 11.1. The molecule has 2 aromatic carbocycles. The van der Waals surface area contributed by atoms with Crippen LogP contribution in [0.3, 0.4) is 0 Å². The number of nitrogens with zero attached hydrogens (tertiary/aromatic N) is 1. The summed E-state index contributed by atoms with van der Waals surface area (Å²) in [5, 5.41) is 22.9. The SMILES string of the molecule is Cc1ccc(Nc2ccc([N+](=O)[O-])c(C(=O)O)c2)c(Br)c1. The van der Waals surface area contributed by atoms with Gasteiger partial charge in [0.25, 0.3) is 5.69 Å². The van der Waals surface area contributed by atoms with Crippen molar-refractivity contribution in [2.24, 2.45) is 0 Å². The fraction of sp³-hybridized carbons (Fsp3) is 0.0714. The van der Waals surface area contributed by atoms with Gasteiger partial charge in [-0.3, -0.25) is 10.1 Å². The molecule has 21 heavy (non-hydrogen) atoms. The lowest BCUT2D eigenvalue weighted by Gasteiger charge is -2.10. The number of nitrogens with one attached hydrogen (secondary N) is 1. The van der Waals surface area contributed by atoms with Gasteiger partial charge in [0, 0.05) is 16.2 Å². The van der Waals surface area contributed by atoms with Crippen molar-refractivity contribution in [3.63, 3.8) is 0 Å². The summed E-state index contributed by atoms with van der Waals surface area (Å²) in [6, 6.07) is 9.53. The van der Waals surface area contributed by atoms with E-state index in [4.69, 9.17) is 5.11 Å². The van der Waals surface area contributed by atoms with Gasteiger partial charge >= 0.3 is 5.97 Å². The Bertz CT molecular complexity index is 731. The Balaban J connectivity index is 2.39. The molecule has 0 spiro atoms. The Morgan fingerprint density at radius 2 is 2.00 bits per heavy atom. The molecule has 2 N–H and O–H groups in total. The number of carbonyl (C=O) groups is 1. The third-order valence-corrected chi connectivity index (χ3v) is 3.48. The molecule has 2 rings (SSSR count). The lowest BCUT2D eigenvalue weighted by atomic mass is 10.1. The van der Waals surface area contributed by atoms with Crippen molar-refractivity contribution in [3.8, 4) is 0 Å². The molecule has 0 radical (unpaired) electrons. The van der Waals surface area contributed by atoms with Gasteiger partial charge < -0.3 is 10.4 Å². The molecule has 0 saturated heterocycles. The lowest BCUT2D eigenvalue weighted by Crippen LogP contribution is -2.03. The summed E-state index contributed by atoms with van der Waals surface area (Å²) in [6.07, 6.45) is 0. The van der Waals surface area contributed by atoms with Crippen LogP contribution in [-0.4, -0.2) is 16.0 Å². The normalized spacial score (nSPS) is 10.2. The van der Waals surface area contributed by atoms with E-state index in [2.05, 4.69) is 21.2 Å². The van der Waals surface area contributed by atoms with Crippen LogP contribution in [0.4, 0.5) is 17.1 Å². The molecule has 0 amide bonds. The van der Waals surface area contributed by atoms with Gasteiger partial charge in [0.1, 0.15) is 5.56 Å². The molecule has 0 aliphatic carbocycles. The number of nitro benzene ring substituents is 1. The molecule has 0 saturated carbocycles. The van der Waals surface area contributed by atoms with Gasteiger partial charge in [0.2, 0.25) is 0 Å². The highest BCUT2D eigenvalue weighted by atomic mass is 79.9. The van der Waals surface area contributed by atoms with Crippen LogP contribution < -0.4 is 5.32 Å². The van der Waals surface area contributed by atoms with E-state index in [-0.39, 0.29) is 5.56 Å². The van der Waals surface area contributed by atoms with E-state index in [1.807, 2.05) is 25.1 Å². The van der Waals surface area contributed by atoms with E-state index in [0.717, 1.165) is 15.7 Å². The number of halogens is 1. The van der Waals surface area contributed by atoms with Crippen molar-refractivity contribution in [2.75, 3.05) is 5.32 Å². The van der Waals surface area contributed by atoms with Crippen LogP contribution in [0.5, 0.6) is 0 Å². The summed E-state index contributed by atoms with van der Waals surface area (Å²) in [7, 11) is 0. The molecular weight excluding hydrogens is 340 g/mol. The molecule has 0 bridgehead atoms. The standard InChI is InChI=1S/C14H11BrN2O4/c1-8-2-4-12(11(15)6-8)16-9-3-5-13(17(20)21)10(7-9)14(18)19/h2-7,16H,1H3,(H,18,19). The zero-order chi connectivity index (χ0) is 15.6. The Labute approximate surface area is 128 Å². The van der Waals surface area contributed by atoms with Crippen LogP contribution in [0.2, 0.25) is 0 Å². The van der Waals surface area contributed by atoms with Crippen LogP contribution in [0.1, 0.15) is 15.9 Å². The van der Waals surface area contributed by atoms with Crippen LogP contribution in [0.25, 0.3) is 0 Å². The third kappa shape index (κ3) is 3.38. The van der Waals surface area contributed by atoms with Crippen LogP contribution >= 0.6 is 15.9 Å². The molecule has 0 aliphatic rings. The third-order valence-electron chi connectivity index (χ3n) is 2.83. The Hall–Kier alpha value is -2.41. The summed E-state index contributed by atoms with van der Waals surface area (Å²) in [6.45, 7) is 1.95. The average Bonchev–Trinajstić information content (AvgIpc) is 2.41. The minimum atomic E-state index is -1.34. The van der Waals surface area contributed by atoms with Crippen molar-refractivity contribution in [2.45, 2.75) is 6.92 Å². The zero-order valence-corrected chi connectivity index (χ0v) is 12.5. The van der Waals surface area contributed by atoms with E-state index in [1.165, 1.54) is 18.2 Å². The Morgan fingerprint density at radius 3 is 2.57 bits per heavy atom. The summed E-state index contributed by atoms with van der Waals surface area (Å²) in [4.78, 5) is 21.2. The molecule has 6 nitrogen and oxygen atoms in total. The van der Waals surface area contributed by atoms with Gasteiger partial charge in [-0.1, -0.05) is 6.07 Å². The first-order valence-electron chi connectivity index (χ1n) is 5.93. The van der Waals surface area contributed by atoms with Gasteiger partial charge in [-0.2, -0.15) is 0 Å². The minimum Gasteiger partial charge on any atom is -0.477 e. The molecular formula is C14H11BrN2O4. The summed E-state index contributed by atoms with van der Waals surface area (Å²) in [5.74, 6) is -1.34. The molecule has 0 unspecified atom stereocenters. The topological polar surface area (TPSA) is 92.5 Å². The second-order valence-corrected chi connectivity index (χ2v) is 5.26. The average molecular weight is 351 g/mol. The maximum absolute atomic E-state index is 11.1. The van der Waals surface area contributed by atoms with E-state index < -0.39 is 16.6 Å². The first kappa shape index (κ1) is 15.0. The Morgan fingerprint density at radius 1 is 1.29 bits per heavy atom. The number of nitro groups is 1. The number of anilines is 2. The summed E-state index contributed by atoms with van der Waals surface area (Å²) >= 11 is 3.40. The number of hydrogen-bond acceptors (Lipinski definition) is 4. The van der Waals surface area contributed by atoms with Gasteiger partial charge in [0.05, 0.1) is 10.6 Å². The van der Waals surface area contributed by atoms with E-state index in [1.54, 1.807) is 0 Å². The van der Waals surface area contributed by atoms with Crippen molar-refractivity contribution >= 4 is 39.0 Å². The Kier molecular flexibility index (Phi) is 4.23. The quantitative estimate of drug-likeness (QED) is 0.639. The molecule has 0 heterocycles. The van der Waals surface area contributed by atoms with Crippen molar-refractivity contribution in [3.05, 3.63) is 62.1 Å². The minimum absolute atomic E-state index is 0.353. The van der Waals surface area contributed by atoms with Gasteiger partial charge in [-0.15, -0.1) is 0 Å². The number of hydrogen-bond donors (Lipinski definition) is 2. The number of carboxylic acid groups (broad SMARTS) is 1. The van der Waals surface area contributed by atoms with Crippen LogP contribution in [-0.2, 0) is 0 Å². The second-order valence-electron chi connectivity index (χ2n) is 4.40. The van der Waals surface area contributed by atoms with Crippen molar-refractivity contribution in [1.82, 2.24) is 0 Å². The summed E-state index contributed by atoms with van der Waals surface area (Å²) in [5.41, 5.74) is 1.49. The molecule has 108 valence electrons. The predicted molar refractivity (Wildman–Crippen MR) is 82.2 cm³/mol. The smallest absolute Gasteiger partial charge is 0.342 e. The van der Waals surface area contributed by atoms with Crippen molar-refractivity contribution in [1.29, 1.82) is 0 Å². The molecule has 2 aromatic rings. The van der Waals surface area contributed by atoms with Gasteiger partial charge in [0.15, 0.2) is 0 Å². The lowest BCUT2D eigenvalue weighted by molar-refractivity contribution is -0.385. The number of aromatic carboxylic acids is 1. The first-order chi connectivity index (χ1) is 9.88. The van der Waals surface area contributed by atoms with Crippen LogP contribution in [0.15, 0.2) is 40.9 Å². The monoisotopic (exact) mass is 350 g/mol. The van der Waals surface area contributed by atoms with Gasteiger partial charge in [-0.05, 0) is 52.7 Å². The van der Waals surface area contributed by atoms with Crippen LogP contribution in [0, 0.1) is 17.0 Å². The van der Waals surface area contributed by atoms with E-state index in [0.29, 0.717) is 5.69 Å². The fourth-order valence-electron chi connectivity index (χ4n) is 1.82. The zero-order valence-electron chi connectivity index (χ0n) is 11.0. The number of aryl methyl sites for hydroxylation is 1. The number of carboxylic acids is 1. The van der Waals surface area contributed by atoms with E-state index >= 15 is 0 Å². The molecule has 0 aliphatic heterocycles. The number of benzene rings is 2. The second kappa shape index (κ2) is 5.92. The van der Waals surface area contributed by atoms with Gasteiger partial charge in [-0.25, -0.2) is 4.79 Å². The largest absolute Gasteiger partial charge is 0.477 e. The first-order valence-corrected chi connectivity index (χ1v) is 6.72. The predicted octanol–water partition coefficient (Wildman–Crippen LogP) is 4.11. The molecule has 0 fully saturated rings. The fourth-order valence-corrected chi connectivity index (χ4v) is 2.41. The maximum Gasteiger partial charge on any atom is 0.342 e. The highest BCUT2D eigenvalue weighted by Gasteiger charge is 2.20. The molecule has 0 aromatic heterocycles. The highest BCUT2D eigenvalue weighted by molar-refractivity contribution is 9.10.